The van der Waals surface area contributed by atoms with Crippen molar-refractivity contribution in [3.8, 4) is 0 Å². The lowest BCUT2D eigenvalue weighted by atomic mass is 10.1. The maximum absolute atomic E-state index is 12.8. The van der Waals surface area contributed by atoms with E-state index in [0.717, 1.165) is 12.8 Å². The number of esters is 1. The van der Waals surface area contributed by atoms with Gasteiger partial charge in [-0.3, -0.25) is 4.79 Å². The number of unbranched alkanes of at least 4 members (excludes halogenated alkanes) is 1. The topological polar surface area (TPSA) is 55.4 Å². The number of nitrogens with one attached hydrogen (secondary N) is 1. The van der Waals surface area contributed by atoms with E-state index in [2.05, 4.69) is 10.1 Å². The summed E-state index contributed by atoms with van der Waals surface area (Å²) in [7, 11) is 1.30. The van der Waals surface area contributed by atoms with Gasteiger partial charge in [0.2, 0.25) is 5.91 Å². The van der Waals surface area contributed by atoms with E-state index in [4.69, 9.17) is 0 Å². The maximum Gasteiger partial charge on any atom is 0.328 e. The van der Waals surface area contributed by atoms with Crippen LogP contribution in [-0.2, 0) is 20.7 Å². The number of ether oxygens (including phenoxy) is 1. The van der Waals surface area contributed by atoms with Gasteiger partial charge < -0.3 is 10.1 Å². The Kier molecular flexibility index (Phi) is 6.70. The number of rotatable bonds is 7. The summed E-state index contributed by atoms with van der Waals surface area (Å²) in [5, 5.41) is 2.66. The van der Waals surface area contributed by atoms with Crippen molar-refractivity contribution in [1.82, 2.24) is 5.32 Å². The molecule has 1 amide bonds. The third kappa shape index (κ3) is 5.38. The van der Waals surface area contributed by atoms with Crippen LogP contribution in [0.3, 0.4) is 0 Å². The number of halogens is 1. The fourth-order valence-corrected chi connectivity index (χ4v) is 1.83. The van der Waals surface area contributed by atoms with E-state index in [0.29, 0.717) is 12.0 Å². The van der Waals surface area contributed by atoms with Crippen molar-refractivity contribution in [2.24, 2.45) is 0 Å². The minimum absolute atomic E-state index is 0.111. The summed E-state index contributed by atoms with van der Waals surface area (Å²) >= 11 is 0. The van der Waals surface area contributed by atoms with Crippen LogP contribution < -0.4 is 5.32 Å². The minimum atomic E-state index is -0.618. The van der Waals surface area contributed by atoms with Crippen molar-refractivity contribution in [2.75, 3.05) is 7.11 Å². The summed E-state index contributed by atoms with van der Waals surface area (Å²) in [5.41, 5.74) is 0.697. The third-order valence-corrected chi connectivity index (χ3v) is 2.95. The Hall–Kier alpha value is -1.91. The molecule has 0 spiro atoms. The van der Waals surface area contributed by atoms with Gasteiger partial charge >= 0.3 is 5.97 Å². The summed E-state index contributed by atoms with van der Waals surface area (Å²) in [4.78, 5) is 23.4. The van der Waals surface area contributed by atoms with E-state index in [-0.39, 0.29) is 18.1 Å². The van der Waals surface area contributed by atoms with E-state index < -0.39 is 12.0 Å². The molecule has 0 saturated carbocycles. The number of carbonyl (C=O) groups excluding carboxylic acids is 2. The monoisotopic (exact) mass is 281 g/mol. The van der Waals surface area contributed by atoms with E-state index in [1.54, 1.807) is 12.1 Å². The fraction of sp³-hybridized carbons (Fsp3) is 0.467. The largest absolute Gasteiger partial charge is 0.467 e. The van der Waals surface area contributed by atoms with Crippen LogP contribution in [0.5, 0.6) is 0 Å². The second-order valence-corrected chi connectivity index (χ2v) is 4.59. The van der Waals surface area contributed by atoms with Gasteiger partial charge in [0.15, 0.2) is 0 Å². The highest BCUT2D eigenvalue weighted by molar-refractivity contribution is 5.85. The van der Waals surface area contributed by atoms with Crippen molar-refractivity contribution in [1.29, 1.82) is 0 Å². The minimum Gasteiger partial charge on any atom is -0.467 e. The van der Waals surface area contributed by atoms with E-state index >= 15 is 0 Å². The summed E-state index contributed by atoms with van der Waals surface area (Å²) < 4.78 is 17.4. The quantitative estimate of drug-likeness (QED) is 0.780. The van der Waals surface area contributed by atoms with Gasteiger partial charge in [0.05, 0.1) is 13.5 Å². The first kappa shape index (κ1) is 16.1. The van der Waals surface area contributed by atoms with Crippen molar-refractivity contribution < 1.29 is 18.7 Å². The number of methoxy groups -OCH3 is 1. The standard InChI is InChI=1S/C15H20FNO3/c1-3-4-5-13(15(19)20-2)17-14(18)10-11-6-8-12(16)9-7-11/h6-9,13H,3-5,10H2,1-2H3,(H,17,18)/t13-/m1/s1. The van der Waals surface area contributed by atoms with Crippen LogP contribution in [0.4, 0.5) is 4.39 Å². The number of amides is 1. The van der Waals surface area contributed by atoms with Crippen molar-refractivity contribution in [2.45, 2.75) is 38.6 Å². The van der Waals surface area contributed by atoms with Gasteiger partial charge in [-0.2, -0.15) is 0 Å². The highest BCUT2D eigenvalue weighted by atomic mass is 19.1. The van der Waals surface area contributed by atoms with Gasteiger partial charge in [-0.05, 0) is 24.1 Å². The van der Waals surface area contributed by atoms with Gasteiger partial charge in [0.25, 0.3) is 0 Å². The molecular weight excluding hydrogens is 261 g/mol. The number of hydrogen-bond acceptors (Lipinski definition) is 3. The van der Waals surface area contributed by atoms with Gasteiger partial charge in [-0.15, -0.1) is 0 Å². The zero-order valence-corrected chi connectivity index (χ0v) is 11.8. The van der Waals surface area contributed by atoms with Crippen LogP contribution in [0.1, 0.15) is 31.7 Å². The molecule has 0 aromatic heterocycles. The average Bonchev–Trinajstić information content (AvgIpc) is 2.45. The Morgan fingerprint density at radius 3 is 2.50 bits per heavy atom. The molecular formula is C15H20FNO3. The Balaban J connectivity index is 2.56. The molecule has 110 valence electrons. The van der Waals surface area contributed by atoms with Crippen LogP contribution in [0, 0.1) is 5.82 Å². The molecule has 1 rings (SSSR count). The predicted octanol–water partition coefficient (Wildman–Crippen LogP) is 2.22. The molecule has 0 radical (unpaired) electrons. The first-order chi connectivity index (χ1) is 9.56. The Morgan fingerprint density at radius 2 is 1.95 bits per heavy atom. The molecule has 0 saturated heterocycles. The molecule has 1 aromatic rings. The molecule has 0 aliphatic carbocycles. The van der Waals surface area contributed by atoms with E-state index in [1.807, 2.05) is 6.92 Å². The van der Waals surface area contributed by atoms with Crippen LogP contribution in [0.2, 0.25) is 0 Å². The van der Waals surface area contributed by atoms with E-state index in [9.17, 15) is 14.0 Å². The fourth-order valence-electron chi connectivity index (χ4n) is 1.83. The van der Waals surface area contributed by atoms with Gasteiger partial charge in [0.1, 0.15) is 11.9 Å². The lowest BCUT2D eigenvalue weighted by molar-refractivity contribution is -0.145. The third-order valence-electron chi connectivity index (χ3n) is 2.95. The Bertz CT molecular complexity index is 445. The van der Waals surface area contributed by atoms with Crippen LogP contribution in [0.15, 0.2) is 24.3 Å². The zero-order valence-electron chi connectivity index (χ0n) is 11.8. The Morgan fingerprint density at radius 1 is 1.30 bits per heavy atom. The molecule has 0 unspecified atom stereocenters. The zero-order chi connectivity index (χ0) is 15.0. The number of carbonyl (C=O) groups is 2. The molecule has 20 heavy (non-hydrogen) atoms. The molecule has 0 heterocycles. The van der Waals surface area contributed by atoms with Gasteiger partial charge in [-0.25, -0.2) is 9.18 Å². The second kappa shape index (κ2) is 8.30. The van der Waals surface area contributed by atoms with E-state index in [1.165, 1.54) is 19.2 Å². The van der Waals surface area contributed by atoms with Crippen molar-refractivity contribution in [3.63, 3.8) is 0 Å². The average molecular weight is 281 g/mol. The summed E-state index contributed by atoms with van der Waals surface area (Å²) in [6, 6.07) is 5.09. The highest BCUT2D eigenvalue weighted by Crippen LogP contribution is 2.06. The molecule has 0 bridgehead atoms. The van der Waals surface area contributed by atoms with Crippen molar-refractivity contribution in [3.05, 3.63) is 35.6 Å². The molecule has 1 N–H and O–H groups in total. The molecule has 5 heteroatoms. The normalized spacial score (nSPS) is 11.8. The van der Waals surface area contributed by atoms with Gasteiger partial charge in [-0.1, -0.05) is 31.9 Å². The molecule has 0 aliphatic heterocycles. The van der Waals surface area contributed by atoms with Crippen molar-refractivity contribution >= 4 is 11.9 Å². The highest BCUT2D eigenvalue weighted by Gasteiger charge is 2.20. The summed E-state index contributed by atoms with van der Waals surface area (Å²) in [6.45, 7) is 2.01. The van der Waals surface area contributed by atoms with Crippen LogP contribution in [-0.4, -0.2) is 25.0 Å². The number of hydrogen-bond donors (Lipinski definition) is 1. The second-order valence-electron chi connectivity index (χ2n) is 4.59. The molecule has 0 aliphatic rings. The summed E-state index contributed by atoms with van der Waals surface area (Å²) in [6.07, 6.45) is 2.43. The lowest BCUT2D eigenvalue weighted by Gasteiger charge is -2.16. The number of benzene rings is 1. The predicted molar refractivity (Wildman–Crippen MR) is 73.6 cm³/mol. The first-order valence-electron chi connectivity index (χ1n) is 6.68. The SMILES string of the molecule is CCCC[C@@H](NC(=O)Cc1ccc(F)cc1)C(=O)OC. The van der Waals surface area contributed by atoms with Crippen LogP contribution in [0.25, 0.3) is 0 Å². The molecule has 4 nitrogen and oxygen atoms in total. The molecule has 1 aromatic carbocycles. The van der Waals surface area contributed by atoms with Gasteiger partial charge in [0, 0.05) is 0 Å². The maximum atomic E-state index is 12.8. The first-order valence-corrected chi connectivity index (χ1v) is 6.68. The smallest absolute Gasteiger partial charge is 0.328 e. The van der Waals surface area contributed by atoms with Crippen LogP contribution >= 0.6 is 0 Å². The Labute approximate surface area is 118 Å². The molecule has 1 atom stereocenters. The summed E-state index contributed by atoms with van der Waals surface area (Å²) in [5.74, 6) is -1.06. The molecule has 0 fully saturated rings. The lowest BCUT2D eigenvalue weighted by Crippen LogP contribution is -2.42.